The van der Waals surface area contributed by atoms with Crippen LogP contribution >= 0.6 is 0 Å². The maximum absolute atomic E-state index is 12.7. The fourth-order valence-electron chi connectivity index (χ4n) is 3.54. The number of fused-ring (bicyclic) bond motifs is 2. The highest BCUT2D eigenvalue weighted by molar-refractivity contribution is 5.92. The molecule has 1 N–H and O–H groups in total. The third kappa shape index (κ3) is 3.71. The second kappa shape index (κ2) is 7.76. The van der Waals surface area contributed by atoms with Gasteiger partial charge in [-0.25, -0.2) is 0 Å². The van der Waals surface area contributed by atoms with Crippen LogP contribution in [0.5, 0.6) is 11.5 Å². The molecule has 0 fully saturated rings. The number of benzene rings is 2. The van der Waals surface area contributed by atoms with Gasteiger partial charge in [0.15, 0.2) is 11.5 Å². The van der Waals surface area contributed by atoms with Crippen molar-refractivity contribution in [2.45, 2.75) is 25.8 Å². The Morgan fingerprint density at radius 2 is 1.89 bits per heavy atom. The first-order chi connectivity index (χ1) is 13.6. The number of nitrogens with zero attached hydrogens (tertiary/aromatic N) is 1. The molecule has 0 spiro atoms. The van der Waals surface area contributed by atoms with Gasteiger partial charge < -0.3 is 19.7 Å². The molecule has 2 aliphatic rings. The van der Waals surface area contributed by atoms with E-state index in [4.69, 9.17) is 9.47 Å². The Morgan fingerprint density at radius 3 is 2.71 bits per heavy atom. The van der Waals surface area contributed by atoms with Crippen molar-refractivity contribution in [1.82, 2.24) is 4.90 Å². The van der Waals surface area contributed by atoms with E-state index >= 15 is 0 Å². The summed E-state index contributed by atoms with van der Waals surface area (Å²) in [6.45, 7) is 2.71. The molecule has 6 nitrogen and oxygen atoms in total. The normalized spacial score (nSPS) is 17.5. The first-order valence-electron chi connectivity index (χ1n) is 9.37. The Labute approximate surface area is 163 Å². The molecule has 144 valence electrons. The molecule has 6 heteroatoms. The van der Waals surface area contributed by atoms with Crippen LogP contribution in [0.25, 0.3) is 6.08 Å². The van der Waals surface area contributed by atoms with Gasteiger partial charge in [-0.15, -0.1) is 0 Å². The number of carbonyl (C=O) groups is 2. The maximum atomic E-state index is 12.7. The fraction of sp³-hybridized carbons (Fsp3) is 0.273. The lowest BCUT2D eigenvalue weighted by molar-refractivity contribution is -0.129. The van der Waals surface area contributed by atoms with Crippen LogP contribution in [-0.4, -0.2) is 29.9 Å². The Kier molecular flexibility index (Phi) is 5.02. The monoisotopic (exact) mass is 378 g/mol. The van der Waals surface area contributed by atoms with E-state index in [1.807, 2.05) is 30.3 Å². The molecular weight excluding hydrogens is 356 g/mol. The summed E-state index contributed by atoms with van der Waals surface area (Å²) in [6.07, 6.45) is 4.63. The molecular formula is C22H22N2O4. The van der Waals surface area contributed by atoms with Gasteiger partial charge in [0, 0.05) is 31.3 Å². The largest absolute Gasteiger partial charge is 0.490 e. The standard InChI is InChI=1S/C22H22N2O4/c1-15(25)24-10-9-16-5-2-3-6-18(16)19(24)14-22(26)23-17-7-8-20-21(13-17)28-12-4-11-27-20/h2-3,5-10,13,19H,4,11-12,14H2,1H3,(H,23,26)/t19-/m1/s1. The highest BCUT2D eigenvalue weighted by Crippen LogP contribution is 2.34. The van der Waals surface area contributed by atoms with E-state index in [0.717, 1.165) is 17.5 Å². The topological polar surface area (TPSA) is 67.9 Å². The molecule has 0 saturated heterocycles. The number of hydrogen-bond acceptors (Lipinski definition) is 4. The van der Waals surface area contributed by atoms with E-state index in [2.05, 4.69) is 5.32 Å². The lowest BCUT2D eigenvalue weighted by Crippen LogP contribution is -2.33. The van der Waals surface area contributed by atoms with Gasteiger partial charge in [-0.3, -0.25) is 9.59 Å². The Hall–Kier alpha value is -3.28. The van der Waals surface area contributed by atoms with Crippen molar-refractivity contribution in [2.24, 2.45) is 0 Å². The summed E-state index contributed by atoms with van der Waals surface area (Å²) in [4.78, 5) is 26.4. The van der Waals surface area contributed by atoms with E-state index in [9.17, 15) is 9.59 Å². The Morgan fingerprint density at radius 1 is 1.11 bits per heavy atom. The van der Waals surface area contributed by atoms with Gasteiger partial charge in [0.2, 0.25) is 11.8 Å². The lowest BCUT2D eigenvalue weighted by Gasteiger charge is -2.32. The van der Waals surface area contributed by atoms with E-state index in [-0.39, 0.29) is 24.3 Å². The zero-order valence-corrected chi connectivity index (χ0v) is 15.7. The quantitative estimate of drug-likeness (QED) is 0.883. The van der Waals surface area contributed by atoms with Crippen molar-refractivity contribution in [3.63, 3.8) is 0 Å². The third-order valence-corrected chi connectivity index (χ3v) is 4.88. The smallest absolute Gasteiger partial charge is 0.226 e. The summed E-state index contributed by atoms with van der Waals surface area (Å²) >= 11 is 0. The predicted molar refractivity (Wildman–Crippen MR) is 106 cm³/mol. The summed E-state index contributed by atoms with van der Waals surface area (Å²) in [5.41, 5.74) is 2.63. The zero-order chi connectivity index (χ0) is 19.5. The summed E-state index contributed by atoms with van der Waals surface area (Å²) in [5, 5.41) is 2.91. The average molecular weight is 378 g/mol. The molecule has 2 aromatic carbocycles. The van der Waals surface area contributed by atoms with Crippen LogP contribution in [-0.2, 0) is 9.59 Å². The van der Waals surface area contributed by atoms with Crippen molar-refractivity contribution < 1.29 is 19.1 Å². The first-order valence-corrected chi connectivity index (χ1v) is 9.37. The summed E-state index contributed by atoms with van der Waals surface area (Å²) in [6, 6.07) is 12.8. The molecule has 4 rings (SSSR count). The highest BCUT2D eigenvalue weighted by Gasteiger charge is 2.28. The van der Waals surface area contributed by atoms with Crippen LogP contribution in [0, 0.1) is 0 Å². The van der Waals surface area contributed by atoms with Crippen LogP contribution in [0.15, 0.2) is 48.7 Å². The van der Waals surface area contributed by atoms with Crippen molar-refractivity contribution in [3.8, 4) is 11.5 Å². The van der Waals surface area contributed by atoms with E-state index < -0.39 is 0 Å². The van der Waals surface area contributed by atoms with Gasteiger partial charge in [-0.2, -0.15) is 0 Å². The van der Waals surface area contributed by atoms with Crippen molar-refractivity contribution >= 4 is 23.6 Å². The lowest BCUT2D eigenvalue weighted by atomic mass is 9.93. The number of rotatable bonds is 3. The van der Waals surface area contributed by atoms with Crippen molar-refractivity contribution in [1.29, 1.82) is 0 Å². The van der Waals surface area contributed by atoms with Crippen molar-refractivity contribution in [3.05, 3.63) is 59.8 Å². The van der Waals surface area contributed by atoms with Gasteiger partial charge in [0.25, 0.3) is 0 Å². The molecule has 0 unspecified atom stereocenters. The van der Waals surface area contributed by atoms with Crippen LogP contribution < -0.4 is 14.8 Å². The number of anilines is 1. The molecule has 2 heterocycles. The molecule has 2 aliphatic heterocycles. The molecule has 0 bridgehead atoms. The Bertz CT molecular complexity index is 938. The number of nitrogens with one attached hydrogen (secondary N) is 1. The van der Waals surface area contributed by atoms with Crippen molar-refractivity contribution in [2.75, 3.05) is 18.5 Å². The molecule has 2 aromatic rings. The van der Waals surface area contributed by atoms with E-state index in [0.29, 0.717) is 30.4 Å². The zero-order valence-electron chi connectivity index (χ0n) is 15.7. The number of ether oxygens (including phenoxy) is 2. The second-order valence-corrected chi connectivity index (χ2v) is 6.85. The summed E-state index contributed by atoms with van der Waals surface area (Å²) < 4.78 is 11.3. The minimum absolute atomic E-state index is 0.0980. The van der Waals surface area contributed by atoms with Crippen LogP contribution in [0.1, 0.15) is 36.9 Å². The minimum atomic E-state index is -0.334. The molecule has 0 aromatic heterocycles. The molecule has 2 amide bonds. The Balaban J connectivity index is 1.52. The number of hydrogen-bond donors (Lipinski definition) is 1. The molecule has 28 heavy (non-hydrogen) atoms. The average Bonchev–Trinajstić information content (AvgIpc) is 2.93. The minimum Gasteiger partial charge on any atom is -0.490 e. The van der Waals surface area contributed by atoms with E-state index in [1.165, 1.54) is 6.92 Å². The van der Waals surface area contributed by atoms with Crippen LogP contribution in [0.4, 0.5) is 5.69 Å². The first kappa shape index (κ1) is 18.1. The van der Waals surface area contributed by atoms with Gasteiger partial charge >= 0.3 is 0 Å². The SMILES string of the molecule is CC(=O)N1C=Cc2ccccc2[C@H]1CC(=O)Nc1ccc2c(c1)OCCCO2. The molecule has 0 saturated carbocycles. The number of carbonyl (C=O) groups excluding carboxylic acids is 2. The number of amides is 2. The highest BCUT2D eigenvalue weighted by atomic mass is 16.5. The maximum Gasteiger partial charge on any atom is 0.226 e. The van der Waals surface area contributed by atoms with Gasteiger partial charge in [0.05, 0.1) is 25.7 Å². The molecule has 1 atom stereocenters. The van der Waals surface area contributed by atoms with Crippen LogP contribution in [0.3, 0.4) is 0 Å². The van der Waals surface area contributed by atoms with Gasteiger partial charge in [0.1, 0.15) is 0 Å². The van der Waals surface area contributed by atoms with Crippen LogP contribution in [0.2, 0.25) is 0 Å². The third-order valence-electron chi connectivity index (χ3n) is 4.88. The predicted octanol–water partition coefficient (Wildman–Crippen LogP) is 3.75. The van der Waals surface area contributed by atoms with Gasteiger partial charge in [-0.1, -0.05) is 24.3 Å². The van der Waals surface area contributed by atoms with E-state index in [1.54, 1.807) is 29.3 Å². The fourth-order valence-corrected chi connectivity index (χ4v) is 3.54. The summed E-state index contributed by atoms with van der Waals surface area (Å²) in [5.74, 6) is 1.05. The van der Waals surface area contributed by atoms with Gasteiger partial charge in [-0.05, 0) is 29.3 Å². The molecule has 0 radical (unpaired) electrons. The molecule has 0 aliphatic carbocycles. The summed E-state index contributed by atoms with van der Waals surface area (Å²) in [7, 11) is 0. The second-order valence-electron chi connectivity index (χ2n) is 6.85.